The van der Waals surface area contributed by atoms with Crippen LogP contribution in [0.5, 0.6) is 11.5 Å². The normalized spacial score (nSPS) is 14.6. The van der Waals surface area contributed by atoms with E-state index in [-0.39, 0.29) is 29.9 Å². The first-order valence-electron chi connectivity index (χ1n) is 11.5. The summed E-state index contributed by atoms with van der Waals surface area (Å²) in [4.78, 5) is 30.9. The summed E-state index contributed by atoms with van der Waals surface area (Å²) >= 11 is 1.23. The van der Waals surface area contributed by atoms with Crippen molar-refractivity contribution < 1.29 is 14.3 Å². The Bertz CT molecular complexity index is 1440. The van der Waals surface area contributed by atoms with Gasteiger partial charge in [-0.3, -0.25) is 14.2 Å². The molecule has 0 unspecified atom stereocenters. The number of nitrogens with one attached hydrogen (secondary N) is 1. The summed E-state index contributed by atoms with van der Waals surface area (Å²) in [6.07, 6.45) is 0.456. The topological polar surface area (TPSA) is 82.5 Å². The molecule has 1 aromatic heterocycles. The smallest absolute Gasteiger partial charge is 0.262 e. The quantitative estimate of drug-likeness (QED) is 0.305. The van der Waals surface area contributed by atoms with Gasteiger partial charge in [-0.15, -0.1) is 0 Å². The van der Waals surface area contributed by atoms with Crippen molar-refractivity contribution in [1.82, 2.24) is 9.55 Å². The first-order chi connectivity index (χ1) is 17.1. The average molecular weight is 488 g/mol. The van der Waals surface area contributed by atoms with Crippen LogP contribution in [0.15, 0.2) is 82.7 Å². The number of rotatable bonds is 7. The molecule has 2 heterocycles. The average Bonchev–Trinajstić information content (AvgIpc) is 2.89. The third-order valence-electron chi connectivity index (χ3n) is 5.79. The minimum atomic E-state index is -0.366. The van der Waals surface area contributed by atoms with Crippen molar-refractivity contribution in [1.29, 1.82) is 0 Å². The summed E-state index contributed by atoms with van der Waals surface area (Å²) in [5.41, 5.74) is 2.30. The highest BCUT2D eigenvalue weighted by Gasteiger charge is 2.24. The standard InChI is InChI=1S/C27H25N3O4S/c1-2-18-9-3-5-11-21(18)28-25(31)17-35-27-29-22-12-6-4-10-20(22)26(32)30(27)15-19-16-33-23-13-7-8-14-24(23)34-19/h3-14,19H,2,15-17H2,1H3,(H,28,31)/t19-/m0/s1. The molecular weight excluding hydrogens is 462 g/mol. The zero-order valence-electron chi connectivity index (χ0n) is 19.3. The molecule has 7 nitrogen and oxygen atoms in total. The van der Waals surface area contributed by atoms with E-state index < -0.39 is 0 Å². The van der Waals surface area contributed by atoms with Crippen LogP contribution in [0.25, 0.3) is 10.9 Å². The third-order valence-corrected chi connectivity index (χ3v) is 6.76. The summed E-state index contributed by atoms with van der Waals surface area (Å²) in [5, 5.41) is 3.97. The lowest BCUT2D eigenvalue weighted by Gasteiger charge is -2.27. The highest BCUT2D eigenvalue weighted by molar-refractivity contribution is 7.99. The number of thioether (sulfide) groups is 1. The summed E-state index contributed by atoms with van der Waals surface area (Å²) in [7, 11) is 0. The Labute approximate surface area is 207 Å². The molecule has 1 amide bonds. The molecule has 1 aliphatic rings. The predicted octanol–water partition coefficient (Wildman–Crippen LogP) is 4.53. The Morgan fingerprint density at radius 3 is 2.66 bits per heavy atom. The maximum Gasteiger partial charge on any atom is 0.262 e. The maximum absolute atomic E-state index is 13.4. The van der Waals surface area contributed by atoms with Crippen LogP contribution in [-0.2, 0) is 17.8 Å². The van der Waals surface area contributed by atoms with E-state index in [1.807, 2.05) is 67.6 Å². The molecule has 5 rings (SSSR count). The van der Waals surface area contributed by atoms with Crippen LogP contribution in [0, 0.1) is 0 Å². The summed E-state index contributed by atoms with van der Waals surface area (Å²) < 4.78 is 13.5. The van der Waals surface area contributed by atoms with Gasteiger partial charge >= 0.3 is 0 Å². The molecule has 0 saturated heterocycles. The van der Waals surface area contributed by atoms with Crippen molar-refractivity contribution in [2.45, 2.75) is 31.1 Å². The molecule has 1 N–H and O–H groups in total. The van der Waals surface area contributed by atoms with Crippen molar-refractivity contribution in [2.24, 2.45) is 0 Å². The number of benzene rings is 3. The molecule has 0 saturated carbocycles. The van der Waals surface area contributed by atoms with Gasteiger partial charge in [-0.1, -0.05) is 61.2 Å². The molecule has 0 spiro atoms. The van der Waals surface area contributed by atoms with E-state index >= 15 is 0 Å². The molecule has 35 heavy (non-hydrogen) atoms. The molecule has 8 heteroatoms. The van der Waals surface area contributed by atoms with Gasteiger partial charge in [0.05, 0.1) is 23.2 Å². The second-order valence-corrected chi connectivity index (χ2v) is 9.11. The van der Waals surface area contributed by atoms with Gasteiger partial charge in [-0.05, 0) is 42.3 Å². The fraction of sp³-hybridized carbons (Fsp3) is 0.222. The summed E-state index contributed by atoms with van der Waals surface area (Å²) in [6.45, 7) is 2.62. The van der Waals surface area contributed by atoms with Gasteiger partial charge in [0.15, 0.2) is 22.8 Å². The van der Waals surface area contributed by atoms with Crippen LogP contribution < -0.4 is 20.3 Å². The lowest BCUT2D eigenvalue weighted by Crippen LogP contribution is -2.37. The van der Waals surface area contributed by atoms with Crippen LogP contribution in [-0.4, -0.2) is 33.9 Å². The number of hydrogen-bond acceptors (Lipinski definition) is 6. The van der Waals surface area contributed by atoms with Crippen LogP contribution in [0.3, 0.4) is 0 Å². The summed E-state index contributed by atoms with van der Waals surface area (Å²) in [6, 6.07) is 22.4. The predicted molar refractivity (Wildman–Crippen MR) is 138 cm³/mol. The van der Waals surface area contributed by atoms with E-state index in [0.29, 0.717) is 34.2 Å². The Morgan fingerprint density at radius 1 is 1.06 bits per heavy atom. The minimum absolute atomic E-state index is 0.119. The van der Waals surface area contributed by atoms with Gasteiger partial charge in [0.1, 0.15) is 6.61 Å². The van der Waals surface area contributed by atoms with Crippen molar-refractivity contribution in [3.8, 4) is 11.5 Å². The number of hydrogen-bond donors (Lipinski definition) is 1. The van der Waals surface area contributed by atoms with Gasteiger partial charge in [-0.2, -0.15) is 0 Å². The molecule has 4 aromatic rings. The Morgan fingerprint density at radius 2 is 1.80 bits per heavy atom. The Balaban J connectivity index is 1.39. The maximum atomic E-state index is 13.4. The number of amides is 1. The van der Waals surface area contributed by atoms with Gasteiger partial charge < -0.3 is 14.8 Å². The number of aromatic nitrogens is 2. The highest BCUT2D eigenvalue weighted by atomic mass is 32.2. The molecule has 0 bridgehead atoms. The monoisotopic (exact) mass is 487 g/mol. The van der Waals surface area contributed by atoms with Gasteiger partial charge in [0, 0.05) is 5.69 Å². The number of carbonyl (C=O) groups is 1. The Kier molecular flexibility index (Phi) is 6.72. The van der Waals surface area contributed by atoms with E-state index in [1.54, 1.807) is 16.7 Å². The van der Waals surface area contributed by atoms with E-state index in [9.17, 15) is 9.59 Å². The van der Waals surface area contributed by atoms with Crippen LogP contribution in [0.1, 0.15) is 12.5 Å². The van der Waals surface area contributed by atoms with Gasteiger partial charge in [0.2, 0.25) is 5.91 Å². The van der Waals surface area contributed by atoms with Gasteiger partial charge in [-0.25, -0.2) is 4.98 Å². The second-order valence-electron chi connectivity index (χ2n) is 8.17. The molecule has 1 aliphatic heterocycles. The fourth-order valence-electron chi connectivity index (χ4n) is 4.04. The fourth-order valence-corrected chi connectivity index (χ4v) is 4.85. The van der Waals surface area contributed by atoms with Crippen LogP contribution >= 0.6 is 11.8 Å². The zero-order chi connectivity index (χ0) is 24.2. The van der Waals surface area contributed by atoms with E-state index in [4.69, 9.17) is 14.5 Å². The molecule has 0 fully saturated rings. The first-order valence-corrected chi connectivity index (χ1v) is 12.5. The highest BCUT2D eigenvalue weighted by Crippen LogP contribution is 2.31. The lowest BCUT2D eigenvalue weighted by molar-refractivity contribution is -0.113. The third kappa shape index (κ3) is 5.02. The lowest BCUT2D eigenvalue weighted by atomic mass is 10.1. The number of para-hydroxylation sites is 4. The van der Waals surface area contributed by atoms with Crippen LogP contribution in [0.2, 0.25) is 0 Å². The molecule has 0 aliphatic carbocycles. The molecular formula is C27H25N3O4S. The number of anilines is 1. The molecule has 1 atom stereocenters. The molecule has 0 radical (unpaired) electrons. The Hall–Kier alpha value is -3.78. The molecule has 3 aromatic carbocycles. The van der Waals surface area contributed by atoms with E-state index in [1.165, 1.54) is 11.8 Å². The van der Waals surface area contributed by atoms with Crippen LogP contribution in [0.4, 0.5) is 5.69 Å². The summed E-state index contributed by atoms with van der Waals surface area (Å²) in [5.74, 6) is 1.30. The number of fused-ring (bicyclic) bond motifs is 2. The van der Waals surface area contributed by atoms with Crippen molar-refractivity contribution >= 4 is 34.3 Å². The number of aryl methyl sites for hydroxylation is 1. The number of ether oxygens (including phenoxy) is 2. The molecule has 178 valence electrons. The van der Waals surface area contributed by atoms with E-state index in [2.05, 4.69) is 5.32 Å². The zero-order valence-corrected chi connectivity index (χ0v) is 20.1. The number of nitrogens with zero attached hydrogens (tertiary/aromatic N) is 2. The largest absolute Gasteiger partial charge is 0.486 e. The van der Waals surface area contributed by atoms with Gasteiger partial charge in [0.25, 0.3) is 5.56 Å². The van der Waals surface area contributed by atoms with Crippen molar-refractivity contribution in [2.75, 3.05) is 17.7 Å². The second kappa shape index (κ2) is 10.2. The van der Waals surface area contributed by atoms with Crippen molar-refractivity contribution in [3.05, 3.63) is 88.7 Å². The minimum Gasteiger partial charge on any atom is -0.486 e. The first kappa shape index (κ1) is 23.0. The number of carbonyl (C=O) groups excluding carboxylic acids is 1. The van der Waals surface area contributed by atoms with Crippen molar-refractivity contribution in [3.63, 3.8) is 0 Å². The van der Waals surface area contributed by atoms with E-state index in [0.717, 1.165) is 17.7 Å². The SMILES string of the molecule is CCc1ccccc1NC(=O)CSc1nc2ccccc2c(=O)n1C[C@H]1COc2ccccc2O1.